The Bertz CT molecular complexity index is 833. The Hall–Kier alpha value is -2.92. The van der Waals surface area contributed by atoms with Gasteiger partial charge in [-0.3, -0.25) is 9.59 Å². The Morgan fingerprint density at radius 2 is 1.58 bits per heavy atom. The lowest BCUT2D eigenvalue weighted by molar-refractivity contribution is -0.123. The fourth-order valence-electron chi connectivity index (χ4n) is 2.60. The molecule has 1 unspecified atom stereocenters. The maximum atomic E-state index is 12.7. The molecule has 0 spiro atoms. The molecule has 0 aliphatic carbocycles. The van der Waals surface area contributed by atoms with E-state index in [1.807, 2.05) is 53.9 Å². The molecule has 26 heavy (non-hydrogen) atoms. The first kappa shape index (κ1) is 17.9. The van der Waals surface area contributed by atoms with Crippen LogP contribution in [0.3, 0.4) is 0 Å². The first-order chi connectivity index (χ1) is 12.7. The number of amides is 2. The third-order valence-corrected chi connectivity index (χ3v) is 4.83. The van der Waals surface area contributed by atoms with Gasteiger partial charge < -0.3 is 10.6 Å². The van der Waals surface area contributed by atoms with E-state index in [9.17, 15) is 9.59 Å². The second-order valence-electron chi connectivity index (χ2n) is 5.88. The molecule has 0 saturated heterocycles. The van der Waals surface area contributed by atoms with Crippen LogP contribution in [0, 0.1) is 0 Å². The molecular formula is C21H20N2O2S. The van der Waals surface area contributed by atoms with Crippen molar-refractivity contribution in [1.82, 2.24) is 10.6 Å². The van der Waals surface area contributed by atoms with Crippen molar-refractivity contribution in [3.63, 3.8) is 0 Å². The highest BCUT2D eigenvalue weighted by molar-refractivity contribution is 7.09. The van der Waals surface area contributed by atoms with Gasteiger partial charge >= 0.3 is 0 Å². The van der Waals surface area contributed by atoms with Gasteiger partial charge in [0.2, 0.25) is 5.91 Å². The molecule has 2 aromatic carbocycles. The molecule has 0 aliphatic heterocycles. The summed E-state index contributed by atoms with van der Waals surface area (Å²) < 4.78 is 0. The summed E-state index contributed by atoms with van der Waals surface area (Å²) in [6, 6.07) is 21.9. The number of carbonyl (C=O) groups excluding carboxylic acids is 2. The monoisotopic (exact) mass is 364 g/mol. The lowest BCUT2D eigenvalue weighted by Gasteiger charge is -2.18. The van der Waals surface area contributed by atoms with Crippen LogP contribution in [0.4, 0.5) is 0 Å². The number of rotatable bonds is 7. The van der Waals surface area contributed by atoms with Crippen molar-refractivity contribution in [2.45, 2.75) is 19.0 Å². The summed E-state index contributed by atoms with van der Waals surface area (Å²) in [5.41, 5.74) is 1.54. The van der Waals surface area contributed by atoms with E-state index in [1.165, 1.54) is 0 Å². The Morgan fingerprint density at radius 1 is 0.885 bits per heavy atom. The van der Waals surface area contributed by atoms with Crippen LogP contribution < -0.4 is 10.6 Å². The summed E-state index contributed by atoms with van der Waals surface area (Å²) in [6.07, 6.45) is 0.440. The third-order valence-electron chi connectivity index (χ3n) is 3.96. The van der Waals surface area contributed by atoms with E-state index in [-0.39, 0.29) is 11.8 Å². The molecule has 3 aromatic rings. The van der Waals surface area contributed by atoms with Crippen molar-refractivity contribution in [3.8, 4) is 0 Å². The molecule has 0 saturated carbocycles. The zero-order valence-corrected chi connectivity index (χ0v) is 15.0. The van der Waals surface area contributed by atoms with E-state index in [4.69, 9.17) is 0 Å². The van der Waals surface area contributed by atoms with E-state index < -0.39 is 6.04 Å². The van der Waals surface area contributed by atoms with E-state index >= 15 is 0 Å². The summed E-state index contributed by atoms with van der Waals surface area (Å²) >= 11 is 1.59. The van der Waals surface area contributed by atoms with Crippen molar-refractivity contribution < 1.29 is 9.59 Å². The molecule has 1 atom stereocenters. The minimum atomic E-state index is -0.634. The largest absolute Gasteiger partial charge is 0.349 e. The fourth-order valence-corrected chi connectivity index (χ4v) is 3.25. The summed E-state index contributed by atoms with van der Waals surface area (Å²) in [5, 5.41) is 7.76. The van der Waals surface area contributed by atoms with Gasteiger partial charge in [0, 0.05) is 16.9 Å². The van der Waals surface area contributed by atoms with E-state index in [0.717, 1.165) is 10.4 Å². The van der Waals surface area contributed by atoms with E-state index in [2.05, 4.69) is 10.6 Å². The van der Waals surface area contributed by atoms with Crippen LogP contribution in [-0.4, -0.2) is 17.9 Å². The number of thiophene rings is 1. The highest BCUT2D eigenvalue weighted by Gasteiger charge is 2.21. The van der Waals surface area contributed by atoms with Crippen LogP contribution in [0.15, 0.2) is 78.2 Å². The van der Waals surface area contributed by atoms with Crippen LogP contribution in [0.2, 0.25) is 0 Å². The quantitative estimate of drug-likeness (QED) is 0.675. The zero-order chi connectivity index (χ0) is 18.2. The Balaban J connectivity index is 1.70. The summed E-state index contributed by atoms with van der Waals surface area (Å²) in [4.78, 5) is 26.3. The Kier molecular flexibility index (Phi) is 6.17. The average Bonchev–Trinajstić information content (AvgIpc) is 3.20. The summed E-state index contributed by atoms with van der Waals surface area (Å²) in [7, 11) is 0. The van der Waals surface area contributed by atoms with Gasteiger partial charge in [-0.1, -0.05) is 54.6 Å². The first-order valence-corrected chi connectivity index (χ1v) is 9.30. The van der Waals surface area contributed by atoms with Gasteiger partial charge in [-0.25, -0.2) is 0 Å². The van der Waals surface area contributed by atoms with Crippen LogP contribution in [0.25, 0.3) is 0 Å². The van der Waals surface area contributed by atoms with Gasteiger partial charge in [-0.2, -0.15) is 0 Å². The maximum Gasteiger partial charge on any atom is 0.251 e. The summed E-state index contributed by atoms with van der Waals surface area (Å²) in [5.74, 6) is -0.440. The molecule has 0 bridgehead atoms. The van der Waals surface area contributed by atoms with Gasteiger partial charge in [-0.15, -0.1) is 11.3 Å². The Morgan fingerprint density at radius 3 is 2.23 bits per heavy atom. The van der Waals surface area contributed by atoms with Crippen LogP contribution in [-0.2, 0) is 17.8 Å². The summed E-state index contributed by atoms with van der Waals surface area (Å²) in [6.45, 7) is 0.461. The maximum absolute atomic E-state index is 12.7. The van der Waals surface area contributed by atoms with Crippen molar-refractivity contribution in [1.29, 1.82) is 0 Å². The van der Waals surface area contributed by atoms with Crippen molar-refractivity contribution in [3.05, 3.63) is 94.2 Å². The highest BCUT2D eigenvalue weighted by Crippen LogP contribution is 2.09. The predicted molar refractivity (Wildman–Crippen MR) is 104 cm³/mol. The van der Waals surface area contributed by atoms with Crippen LogP contribution in [0.5, 0.6) is 0 Å². The molecule has 0 aliphatic rings. The lowest BCUT2D eigenvalue weighted by Crippen LogP contribution is -2.47. The molecule has 4 nitrogen and oxygen atoms in total. The molecule has 0 radical (unpaired) electrons. The zero-order valence-electron chi connectivity index (χ0n) is 14.2. The topological polar surface area (TPSA) is 58.2 Å². The molecule has 1 heterocycles. The normalized spacial score (nSPS) is 11.5. The van der Waals surface area contributed by atoms with Crippen LogP contribution >= 0.6 is 11.3 Å². The molecular weight excluding hydrogens is 344 g/mol. The molecule has 5 heteroatoms. The van der Waals surface area contributed by atoms with Crippen molar-refractivity contribution >= 4 is 23.2 Å². The molecule has 0 fully saturated rings. The molecule has 2 amide bonds. The smallest absolute Gasteiger partial charge is 0.251 e. The van der Waals surface area contributed by atoms with Gasteiger partial charge in [0.15, 0.2) is 0 Å². The molecule has 1 aromatic heterocycles. The van der Waals surface area contributed by atoms with E-state index in [0.29, 0.717) is 18.5 Å². The molecule has 132 valence electrons. The number of benzene rings is 2. The van der Waals surface area contributed by atoms with Gasteiger partial charge in [0.1, 0.15) is 6.04 Å². The van der Waals surface area contributed by atoms with Crippen molar-refractivity contribution in [2.75, 3.05) is 0 Å². The van der Waals surface area contributed by atoms with Gasteiger partial charge in [0.05, 0.1) is 6.54 Å². The fraction of sp³-hybridized carbons (Fsp3) is 0.143. The first-order valence-electron chi connectivity index (χ1n) is 8.42. The van der Waals surface area contributed by atoms with Crippen molar-refractivity contribution in [2.24, 2.45) is 0 Å². The van der Waals surface area contributed by atoms with E-state index in [1.54, 1.807) is 35.6 Å². The molecule has 2 N–H and O–H groups in total. The number of hydrogen-bond donors (Lipinski definition) is 2. The second kappa shape index (κ2) is 8.97. The van der Waals surface area contributed by atoms with Gasteiger partial charge in [0.25, 0.3) is 5.91 Å². The lowest BCUT2D eigenvalue weighted by atomic mass is 10.0. The predicted octanol–water partition coefficient (Wildman–Crippen LogP) is 3.41. The average molecular weight is 364 g/mol. The van der Waals surface area contributed by atoms with Crippen LogP contribution in [0.1, 0.15) is 20.8 Å². The number of hydrogen-bond acceptors (Lipinski definition) is 3. The highest BCUT2D eigenvalue weighted by atomic mass is 32.1. The Labute approximate surface area is 156 Å². The SMILES string of the molecule is O=C(NC(Cc1ccccc1)C(=O)NCc1cccs1)c1ccccc1. The number of nitrogens with one attached hydrogen (secondary N) is 2. The number of carbonyl (C=O) groups is 2. The molecule has 3 rings (SSSR count). The minimum Gasteiger partial charge on any atom is -0.349 e. The third kappa shape index (κ3) is 5.04. The minimum absolute atomic E-state index is 0.188. The standard InChI is InChI=1S/C21H20N2O2S/c24-20(17-10-5-2-6-11-17)23-19(14-16-8-3-1-4-9-16)21(25)22-15-18-12-7-13-26-18/h1-13,19H,14-15H2,(H,22,25)(H,23,24). The second-order valence-corrected chi connectivity index (χ2v) is 6.91. The van der Waals surface area contributed by atoms with Gasteiger partial charge in [-0.05, 0) is 29.1 Å².